The highest BCUT2D eigenvalue weighted by atomic mass is 32.2. The van der Waals surface area contributed by atoms with Crippen molar-refractivity contribution in [3.05, 3.63) is 77.2 Å². The number of rotatable bonds is 4. The molecule has 1 aromatic carbocycles. The third-order valence-electron chi connectivity index (χ3n) is 3.50. The number of fused-ring (bicyclic) bond motifs is 1. The molecule has 0 saturated carbocycles. The largest absolute Gasteiger partial charge is 0.476 e. The number of carboxylic acids is 1. The van der Waals surface area contributed by atoms with Crippen LogP contribution in [0, 0.1) is 0 Å². The Morgan fingerprint density at radius 1 is 1.39 bits per heavy atom. The molecule has 3 rings (SSSR count). The van der Waals surface area contributed by atoms with E-state index < -0.39 is 11.8 Å². The fourth-order valence-electron chi connectivity index (χ4n) is 2.54. The first kappa shape index (κ1) is 15.3. The molecule has 1 aromatic heterocycles. The van der Waals surface area contributed by atoms with E-state index in [1.807, 2.05) is 30.3 Å². The van der Waals surface area contributed by atoms with E-state index in [0.717, 1.165) is 0 Å². The molecule has 0 saturated heterocycles. The topological polar surface area (TPSA) is 55.1 Å². The highest BCUT2D eigenvalue weighted by Crippen LogP contribution is 2.43. The molecule has 1 N–H and O–H groups in total. The highest BCUT2D eigenvalue weighted by molar-refractivity contribution is 8.02. The Bertz CT molecular complexity index is 853. The van der Waals surface area contributed by atoms with E-state index in [0.29, 0.717) is 33.2 Å². The lowest BCUT2D eigenvalue weighted by molar-refractivity contribution is 0.0689. The van der Waals surface area contributed by atoms with Gasteiger partial charge < -0.3 is 5.11 Å². The lowest BCUT2D eigenvalue weighted by Crippen LogP contribution is -2.06. The molecule has 6 heteroatoms. The number of aromatic nitrogens is 2. The maximum Gasteiger partial charge on any atom is 0.356 e. The molecule has 2 heterocycles. The Hall–Kier alpha value is -2.60. The van der Waals surface area contributed by atoms with Crippen molar-refractivity contribution in [2.75, 3.05) is 0 Å². The van der Waals surface area contributed by atoms with Gasteiger partial charge in [-0.1, -0.05) is 37.4 Å². The van der Waals surface area contributed by atoms with Crippen LogP contribution in [0.3, 0.4) is 0 Å². The number of carbonyl (C=O) groups is 1. The maximum absolute atomic E-state index is 13.8. The van der Waals surface area contributed by atoms with Crippen LogP contribution < -0.4 is 0 Å². The highest BCUT2D eigenvalue weighted by Gasteiger charge is 2.30. The Balaban J connectivity index is 2.35. The van der Waals surface area contributed by atoms with Gasteiger partial charge in [-0.3, -0.25) is 0 Å². The quantitative estimate of drug-likeness (QED) is 0.914. The molecule has 2 aromatic rings. The number of benzene rings is 1. The van der Waals surface area contributed by atoms with Crippen LogP contribution in [-0.2, 0) is 5.75 Å². The Morgan fingerprint density at radius 3 is 2.65 bits per heavy atom. The van der Waals surface area contributed by atoms with Gasteiger partial charge in [-0.05, 0) is 12.1 Å². The molecule has 0 radical (unpaired) electrons. The van der Waals surface area contributed by atoms with Crippen molar-refractivity contribution in [1.29, 1.82) is 0 Å². The summed E-state index contributed by atoms with van der Waals surface area (Å²) in [6, 6.07) is 9.13. The number of hydrogen-bond donors (Lipinski definition) is 1. The minimum atomic E-state index is -1.11. The second-order valence-electron chi connectivity index (χ2n) is 4.87. The van der Waals surface area contributed by atoms with Crippen LogP contribution >= 0.6 is 11.8 Å². The van der Waals surface area contributed by atoms with E-state index in [9.17, 15) is 14.3 Å². The normalized spacial score (nSPS) is 13.6. The number of thioether (sulfide) groups is 1. The number of allylic oxidation sites excluding steroid dienone is 3. The molecule has 1 aliphatic rings. The summed E-state index contributed by atoms with van der Waals surface area (Å²) in [5.41, 5.74) is 2.29. The van der Waals surface area contributed by atoms with Crippen LogP contribution in [0.4, 0.5) is 4.39 Å². The molecule has 23 heavy (non-hydrogen) atoms. The van der Waals surface area contributed by atoms with Gasteiger partial charge in [-0.15, -0.1) is 11.8 Å². The fourth-order valence-corrected chi connectivity index (χ4v) is 3.59. The number of carboxylic acid groups (broad SMARTS) is 1. The first-order valence-corrected chi connectivity index (χ1v) is 7.78. The van der Waals surface area contributed by atoms with Crippen molar-refractivity contribution < 1.29 is 14.3 Å². The molecule has 1 aliphatic heterocycles. The fraction of sp³-hybridized carbons (Fsp3) is 0.0588. The van der Waals surface area contributed by atoms with E-state index in [2.05, 4.69) is 18.3 Å². The zero-order valence-electron chi connectivity index (χ0n) is 12.1. The predicted molar refractivity (Wildman–Crippen MR) is 89.2 cm³/mol. The minimum Gasteiger partial charge on any atom is -0.476 e. The van der Waals surface area contributed by atoms with Gasteiger partial charge in [-0.2, -0.15) is 5.10 Å². The molecular formula is C17H13FN2O2S. The summed E-state index contributed by atoms with van der Waals surface area (Å²) in [7, 11) is 0. The first-order chi connectivity index (χ1) is 11.0. The molecule has 0 bridgehead atoms. The van der Waals surface area contributed by atoms with Gasteiger partial charge in [0.25, 0.3) is 0 Å². The SMILES string of the molecule is C=CC1=C(C(=C)F)SCc2c(C(=O)O)nn(-c3ccccc3)c21. The van der Waals surface area contributed by atoms with Gasteiger partial charge in [-0.25, -0.2) is 13.9 Å². The number of aromatic carboxylic acids is 1. The van der Waals surface area contributed by atoms with E-state index in [4.69, 9.17) is 0 Å². The van der Waals surface area contributed by atoms with E-state index in [1.165, 1.54) is 22.5 Å². The van der Waals surface area contributed by atoms with Crippen molar-refractivity contribution >= 4 is 23.3 Å². The summed E-state index contributed by atoms with van der Waals surface area (Å²) in [6.07, 6.45) is 1.51. The summed E-state index contributed by atoms with van der Waals surface area (Å²) in [5, 5.41) is 13.6. The zero-order chi connectivity index (χ0) is 16.6. The summed E-state index contributed by atoms with van der Waals surface area (Å²) in [6.45, 7) is 7.09. The number of para-hydroxylation sites is 1. The van der Waals surface area contributed by atoms with Crippen molar-refractivity contribution in [2.24, 2.45) is 0 Å². The van der Waals surface area contributed by atoms with Crippen LogP contribution in [0.1, 0.15) is 21.7 Å². The van der Waals surface area contributed by atoms with Gasteiger partial charge in [0.05, 0.1) is 16.3 Å². The number of halogens is 1. The van der Waals surface area contributed by atoms with Gasteiger partial charge in [0.2, 0.25) is 0 Å². The van der Waals surface area contributed by atoms with Crippen LogP contribution in [0.25, 0.3) is 11.3 Å². The summed E-state index contributed by atoms with van der Waals surface area (Å²) < 4.78 is 15.3. The van der Waals surface area contributed by atoms with Crippen LogP contribution in [0.2, 0.25) is 0 Å². The Labute approximate surface area is 136 Å². The van der Waals surface area contributed by atoms with Gasteiger partial charge in [0.1, 0.15) is 5.83 Å². The lowest BCUT2D eigenvalue weighted by Gasteiger charge is -2.19. The Morgan fingerprint density at radius 2 is 2.09 bits per heavy atom. The van der Waals surface area contributed by atoms with Crippen LogP contribution in [0.15, 0.2) is 60.3 Å². The van der Waals surface area contributed by atoms with Crippen molar-refractivity contribution in [2.45, 2.75) is 5.75 Å². The molecule has 4 nitrogen and oxygen atoms in total. The molecule has 116 valence electrons. The summed E-state index contributed by atoms with van der Waals surface area (Å²) >= 11 is 1.20. The average Bonchev–Trinajstić information content (AvgIpc) is 2.94. The Kier molecular flexibility index (Phi) is 3.92. The molecule has 0 unspecified atom stereocenters. The molecular weight excluding hydrogens is 315 g/mol. The van der Waals surface area contributed by atoms with E-state index in [-0.39, 0.29) is 5.69 Å². The molecule has 0 aliphatic carbocycles. The van der Waals surface area contributed by atoms with Crippen molar-refractivity contribution in [1.82, 2.24) is 9.78 Å². The van der Waals surface area contributed by atoms with Crippen LogP contribution in [-0.4, -0.2) is 20.9 Å². The standard InChI is InChI=1S/C17H13FN2O2S/c1-3-12-15-13(9-23-16(12)10(2)18)14(17(21)22)19-20(15)11-7-5-4-6-8-11/h3-8H,1-2,9H2,(H,21,22). The average molecular weight is 328 g/mol. The van der Waals surface area contributed by atoms with Crippen molar-refractivity contribution in [3.8, 4) is 5.69 Å². The summed E-state index contributed by atoms with van der Waals surface area (Å²) in [4.78, 5) is 11.9. The minimum absolute atomic E-state index is 0.0285. The second-order valence-corrected chi connectivity index (χ2v) is 5.85. The van der Waals surface area contributed by atoms with Gasteiger partial charge >= 0.3 is 5.97 Å². The molecule has 0 spiro atoms. The third-order valence-corrected chi connectivity index (χ3v) is 4.66. The monoisotopic (exact) mass is 328 g/mol. The summed E-state index contributed by atoms with van der Waals surface area (Å²) in [5.74, 6) is -1.35. The third kappa shape index (κ3) is 2.51. The lowest BCUT2D eigenvalue weighted by atomic mass is 10.0. The molecule has 0 atom stereocenters. The van der Waals surface area contributed by atoms with Crippen LogP contribution in [0.5, 0.6) is 0 Å². The van der Waals surface area contributed by atoms with Gasteiger partial charge in [0.15, 0.2) is 5.69 Å². The number of nitrogens with zero attached hydrogens (tertiary/aromatic N) is 2. The maximum atomic E-state index is 13.8. The molecule has 0 fully saturated rings. The van der Waals surface area contributed by atoms with Crippen molar-refractivity contribution in [3.63, 3.8) is 0 Å². The van der Waals surface area contributed by atoms with E-state index >= 15 is 0 Å². The zero-order valence-corrected chi connectivity index (χ0v) is 12.9. The second kappa shape index (κ2) is 5.89. The molecule has 0 amide bonds. The predicted octanol–water partition coefficient (Wildman–Crippen LogP) is 4.20. The smallest absolute Gasteiger partial charge is 0.356 e. The van der Waals surface area contributed by atoms with Gasteiger partial charge in [0, 0.05) is 16.9 Å². The van der Waals surface area contributed by atoms with E-state index in [1.54, 1.807) is 0 Å². The number of hydrogen-bond acceptors (Lipinski definition) is 3. The first-order valence-electron chi connectivity index (χ1n) is 6.80.